The van der Waals surface area contributed by atoms with E-state index in [1.807, 2.05) is 6.92 Å². The topological polar surface area (TPSA) is 114 Å². The van der Waals surface area contributed by atoms with Crippen LogP contribution in [-0.4, -0.2) is 61.1 Å². The third-order valence-electron chi connectivity index (χ3n) is 5.23. The molecule has 1 aliphatic heterocycles. The molecule has 2 aromatic heterocycles. The SMILES string of the molecule is CNC(=O)c1sc2ncnc(Nc3ccc(F)cc3OC3CCN(S(C)(=O)=O)C3)c2c1C. The molecule has 3 heterocycles. The number of amides is 1. The van der Waals surface area contributed by atoms with Crippen molar-refractivity contribution in [2.75, 3.05) is 31.7 Å². The van der Waals surface area contributed by atoms with E-state index in [1.165, 1.54) is 40.2 Å². The van der Waals surface area contributed by atoms with Crippen molar-refractivity contribution in [1.29, 1.82) is 0 Å². The average Bonchev–Trinajstić information content (AvgIpc) is 3.35. The van der Waals surface area contributed by atoms with Crippen molar-refractivity contribution < 1.29 is 22.3 Å². The molecule has 0 aliphatic carbocycles. The normalized spacial score (nSPS) is 16.9. The summed E-state index contributed by atoms with van der Waals surface area (Å²) in [5.74, 6) is 0.0138. The summed E-state index contributed by atoms with van der Waals surface area (Å²) in [4.78, 5) is 21.9. The molecule has 0 bridgehead atoms. The monoisotopic (exact) mass is 479 g/mol. The van der Waals surface area contributed by atoms with Gasteiger partial charge in [-0.2, -0.15) is 4.31 Å². The van der Waals surface area contributed by atoms with Crippen LogP contribution in [0.2, 0.25) is 0 Å². The maximum Gasteiger partial charge on any atom is 0.261 e. The van der Waals surface area contributed by atoms with Crippen molar-refractivity contribution in [2.24, 2.45) is 0 Å². The minimum absolute atomic E-state index is 0.200. The summed E-state index contributed by atoms with van der Waals surface area (Å²) >= 11 is 1.26. The first-order chi connectivity index (χ1) is 15.2. The van der Waals surface area contributed by atoms with E-state index in [4.69, 9.17) is 4.74 Å². The zero-order valence-corrected chi connectivity index (χ0v) is 19.3. The number of hydrogen-bond acceptors (Lipinski definition) is 8. The molecule has 9 nitrogen and oxygen atoms in total. The van der Waals surface area contributed by atoms with Gasteiger partial charge in [0.25, 0.3) is 5.91 Å². The smallest absolute Gasteiger partial charge is 0.261 e. The van der Waals surface area contributed by atoms with Crippen molar-refractivity contribution in [2.45, 2.75) is 19.4 Å². The van der Waals surface area contributed by atoms with Gasteiger partial charge in [0.15, 0.2) is 0 Å². The maximum absolute atomic E-state index is 14.0. The number of benzene rings is 1. The Kier molecular flexibility index (Phi) is 6.01. The minimum atomic E-state index is -3.32. The molecule has 1 unspecified atom stereocenters. The molecule has 1 saturated heterocycles. The Morgan fingerprint density at radius 3 is 2.81 bits per heavy atom. The highest BCUT2D eigenvalue weighted by molar-refractivity contribution is 7.88. The standard InChI is InChI=1S/C20H22FN5O4S2/c1-11-16-18(23-10-24-20(16)31-17(11)19(27)22-2)25-14-5-4-12(21)8-15(14)30-13-6-7-26(9-13)32(3,28)29/h4-5,8,10,13H,6-7,9H2,1-3H3,(H,22,27)(H,23,24,25). The number of sulfonamides is 1. The van der Waals surface area contributed by atoms with Crippen LogP contribution in [0.5, 0.6) is 5.75 Å². The Balaban J connectivity index is 1.65. The number of nitrogens with zero attached hydrogens (tertiary/aromatic N) is 3. The lowest BCUT2D eigenvalue weighted by Gasteiger charge is -2.18. The maximum atomic E-state index is 14.0. The Labute approximate surface area is 188 Å². The molecule has 1 aliphatic rings. The van der Waals surface area contributed by atoms with E-state index < -0.39 is 21.9 Å². The fourth-order valence-electron chi connectivity index (χ4n) is 3.60. The lowest BCUT2D eigenvalue weighted by molar-refractivity contribution is 0.0966. The molecule has 4 rings (SSSR count). The van der Waals surface area contributed by atoms with Gasteiger partial charge in [-0.05, 0) is 31.0 Å². The molecule has 1 amide bonds. The highest BCUT2D eigenvalue weighted by Crippen LogP contribution is 2.37. The molecule has 0 spiro atoms. The van der Waals surface area contributed by atoms with E-state index >= 15 is 0 Å². The van der Waals surface area contributed by atoms with Crippen LogP contribution in [0, 0.1) is 12.7 Å². The molecule has 0 saturated carbocycles. The second-order valence-corrected chi connectivity index (χ2v) is 10.4. The number of anilines is 2. The van der Waals surface area contributed by atoms with Crippen LogP contribution in [-0.2, 0) is 10.0 Å². The summed E-state index contributed by atoms with van der Waals surface area (Å²) in [6.45, 7) is 2.37. The average molecular weight is 480 g/mol. The van der Waals surface area contributed by atoms with Crippen LogP contribution in [0.3, 0.4) is 0 Å². The molecule has 1 atom stereocenters. The van der Waals surface area contributed by atoms with Crippen molar-refractivity contribution in [3.63, 3.8) is 0 Å². The molecule has 2 N–H and O–H groups in total. The van der Waals surface area contributed by atoms with Gasteiger partial charge in [-0.1, -0.05) is 0 Å². The van der Waals surface area contributed by atoms with E-state index in [0.717, 1.165) is 11.8 Å². The second-order valence-electron chi connectivity index (χ2n) is 7.45. The highest BCUT2D eigenvalue weighted by Gasteiger charge is 2.30. The van der Waals surface area contributed by atoms with E-state index in [2.05, 4.69) is 20.6 Å². The summed E-state index contributed by atoms with van der Waals surface area (Å²) < 4.78 is 44.9. The Hall–Kier alpha value is -2.83. The Morgan fingerprint density at radius 2 is 2.12 bits per heavy atom. The van der Waals surface area contributed by atoms with Gasteiger partial charge >= 0.3 is 0 Å². The van der Waals surface area contributed by atoms with Gasteiger partial charge in [-0.3, -0.25) is 4.79 Å². The number of ether oxygens (including phenoxy) is 1. The number of fused-ring (bicyclic) bond motifs is 1. The lowest BCUT2D eigenvalue weighted by Crippen LogP contribution is -2.30. The lowest BCUT2D eigenvalue weighted by atomic mass is 10.2. The molecule has 32 heavy (non-hydrogen) atoms. The largest absolute Gasteiger partial charge is 0.487 e. The number of aromatic nitrogens is 2. The van der Waals surface area contributed by atoms with Crippen LogP contribution in [0.4, 0.5) is 15.9 Å². The van der Waals surface area contributed by atoms with Gasteiger partial charge in [0, 0.05) is 19.7 Å². The molecule has 170 valence electrons. The number of halogens is 1. The van der Waals surface area contributed by atoms with Crippen LogP contribution < -0.4 is 15.4 Å². The Bertz CT molecular complexity index is 1290. The van der Waals surface area contributed by atoms with Crippen LogP contribution >= 0.6 is 11.3 Å². The van der Waals surface area contributed by atoms with E-state index in [-0.39, 0.29) is 18.2 Å². The summed E-state index contributed by atoms with van der Waals surface area (Å²) in [5, 5.41) is 6.48. The molecular formula is C20H22FN5O4S2. The van der Waals surface area contributed by atoms with Gasteiger partial charge in [0.05, 0.1) is 28.8 Å². The number of rotatable bonds is 6. The second kappa shape index (κ2) is 8.60. The summed E-state index contributed by atoms with van der Waals surface area (Å²) in [6.07, 6.45) is 2.64. The number of carbonyl (C=O) groups is 1. The third kappa shape index (κ3) is 4.38. The fraction of sp³-hybridized carbons (Fsp3) is 0.350. The molecule has 0 radical (unpaired) electrons. The van der Waals surface area contributed by atoms with Crippen LogP contribution in [0.15, 0.2) is 24.5 Å². The number of aryl methyl sites for hydroxylation is 1. The first-order valence-electron chi connectivity index (χ1n) is 9.82. The number of carbonyl (C=O) groups excluding carboxylic acids is 1. The van der Waals surface area contributed by atoms with E-state index in [0.29, 0.717) is 39.6 Å². The fourth-order valence-corrected chi connectivity index (χ4v) is 5.56. The zero-order chi connectivity index (χ0) is 23.0. The van der Waals surface area contributed by atoms with Gasteiger partial charge in [-0.25, -0.2) is 22.8 Å². The summed E-state index contributed by atoms with van der Waals surface area (Å²) in [5.41, 5.74) is 1.20. The molecular weight excluding hydrogens is 457 g/mol. The molecule has 3 aromatic rings. The predicted octanol–water partition coefficient (Wildman–Crippen LogP) is 2.65. The van der Waals surface area contributed by atoms with Gasteiger partial charge in [-0.15, -0.1) is 11.3 Å². The summed E-state index contributed by atoms with van der Waals surface area (Å²) in [6, 6.07) is 4.07. The number of hydrogen-bond donors (Lipinski definition) is 2. The zero-order valence-electron chi connectivity index (χ0n) is 17.7. The van der Waals surface area contributed by atoms with Crippen LogP contribution in [0.1, 0.15) is 21.7 Å². The van der Waals surface area contributed by atoms with Gasteiger partial charge in [0.1, 0.15) is 34.6 Å². The summed E-state index contributed by atoms with van der Waals surface area (Å²) in [7, 11) is -1.75. The first-order valence-corrected chi connectivity index (χ1v) is 12.5. The molecule has 12 heteroatoms. The third-order valence-corrected chi connectivity index (χ3v) is 7.70. The predicted molar refractivity (Wildman–Crippen MR) is 121 cm³/mol. The number of nitrogens with one attached hydrogen (secondary N) is 2. The number of thiophene rings is 1. The van der Waals surface area contributed by atoms with Crippen molar-refractivity contribution in [1.82, 2.24) is 19.6 Å². The highest BCUT2D eigenvalue weighted by atomic mass is 32.2. The Morgan fingerprint density at radius 1 is 1.34 bits per heavy atom. The quantitative estimate of drug-likeness (QED) is 0.559. The van der Waals surface area contributed by atoms with E-state index in [9.17, 15) is 17.6 Å². The minimum Gasteiger partial charge on any atom is -0.487 e. The van der Waals surface area contributed by atoms with Crippen molar-refractivity contribution in [3.05, 3.63) is 40.8 Å². The van der Waals surface area contributed by atoms with Gasteiger partial charge < -0.3 is 15.4 Å². The molecule has 1 aromatic carbocycles. The van der Waals surface area contributed by atoms with Gasteiger partial charge in [0.2, 0.25) is 10.0 Å². The van der Waals surface area contributed by atoms with E-state index in [1.54, 1.807) is 7.05 Å². The van der Waals surface area contributed by atoms with Crippen LogP contribution in [0.25, 0.3) is 10.2 Å². The molecule has 1 fully saturated rings. The van der Waals surface area contributed by atoms with Crippen molar-refractivity contribution in [3.8, 4) is 5.75 Å². The van der Waals surface area contributed by atoms with Crippen molar-refractivity contribution >= 4 is 49.0 Å². The first kappa shape index (κ1) is 22.4.